The number of benzene rings is 1. The Kier molecular flexibility index (Phi) is 2.24. The third kappa shape index (κ3) is 1.26. The van der Waals surface area contributed by atoms with Crippen LogP contribution in [0.3, 0.4) is 0 Å². The molecule has 0 unspecified atom stereocenters. The zero-order chi connectivity index (χ0) is 12.2. The molecule has 3 aliphatic heterocycles. The molecule has 0 aliphatic carbocycles. The highest BCUT2D eigenvalue weighted by Crippen LogP contribution is 2.54. The van der Waals surface area contributed by atoms with Crippen molar-refractivity contribution in [3.63, 3.8) is 0 Å². The summed E-state index contributed by atoms with van der Waals surface area (Å²) in [6.45, 7) is 2.22. The van der Waals surface area contributed by atoms with E-state index in [2.05, 4.69) is 23.1 Å². The molecule has 1 aromatic rings. The van der Waals surface area contributed by atoms with Gasteiger partial charge in [0.2, 0.25) is 0 Å². The van der Waals surface area contributed by atoms with Crippen molar-refractivity contribution in [3.8, 4) is 5.75 Å². The minimum absolute atomic E-state index is 0.0378. The lowest BCUT2D eigenvalue weighted by Gasteiger charge is -2.36. The average molecular weight is 245 g/mol. The molecule has 3 aliphatic rings. The molecule has 3 nitrogen and oxygen atoms in total. The lowest BCUT2D eigenvalue weighted by Crippen LogP contribution is -2.42. The van der Waals surface area contributed by atoms with Crippen molar-refractivity contribution < 1.29 is 9.84 Å². The predicted octanol–water partition coefficient (Wildman–Crippen LogP) is 1.97. The molecule has 0 spiro atoms. The second kappa shape index (κ2) is 3.72. The summed E-state index contributed by atoms with van der Waals surface area (Å²) in [6.07, 6.45) is 3.44. The summed E-state index contributed by atoms with van der Waals surface area (Å²) in [4.78, 5) is 2.55. The number of ether oxygens (including phenoxy) is 1. The smallest absolute Gasteiger partial charge is 0.124 e. The molecule has 0 bridgehead atoms. The van der Waals surface area contributed by atoms with Gasteiger partial charge in [0.15, 0.2) is 0 Å². The van der Waals surface area contributed by atoms with Gasteiger partial charge in [-0.3, -0.25) is 4.90 Å². The molecular weight excluding hydrogens is 226 g/mol. The Bertz CT molecular complexity index is 475. The molecule has 4 rings (SSSR count). The van der Waals surface area contributed by atoms with Crippen molar-refractivity contribution in [1.29, 1.82) is 0 Å². The first kappa shape index (κ1) is 10.8. The summed E-state index contributed by atoms with van der Waals surface area (Å²) in [6, 6.07) is 8.86. The Morgan fingerprint density at radius 3 is 3.17 bits per heavy atom. The Morgan fingerprint density at radius 1 is 1.39 bits per heavy atom. The van der Waals surface area contributed by atoms with Gasteiger partial charge in [0.05, 0.1) is 13.2 Å². The van der Waals surface area contributed by atoms with Crippen LogP contribution in [0.2, 0.25) is 0 Å². The maximum atomic E-state index is 9.84. The van der Waals surface area contributed by atoms with Crippen LogP contribution in [-0.4, -0.2) is 35.3 Å². The number of hydrogen-bond donors (Lipinski definition) is 1. The number of rotatable bonds is 1. The molecule has 0 saturated carbocycles. The van der Waals surface area contributed by atoms with E-state index in [0.717, 1.165) is 31.7 Å². The first-order valence-corrected chi connectivity index (χ1v) is 6.93. The highest BCUT2D eigenvalue weighted by atomic mass is 16.5. The molecular formula is C15H19NO2. The lowest BCUT2D eigenvalue weighted by atomic mass is 9.86. The van der Waals surface area contributed by atoms with Crippen molar-refractivity contribution >= 4 is 0 Å². The minimum atomic E-state index is 0.0378. The number of fused-ring (bicyclic) bond motifs is 5. The number of para-hydroxylation sites is 1. The van der Waals surface area contributed by atoms with E-state index in [9.17, 15) is 5.11 Å². The van der Waals surface area contributed by atoms with Gasteiger partial charge in [0.25, 0.3) is 0 Å². The zero-order valence-corrected chi connectivity index (χ0v) is 10.5. The molecule has 1 N–H and O–H groups in total. The zero-order valence-electron chi connectivity index (χ0n) is 10.5. The molecule has 3 heteroatoms. The fourth-order valence-electron chi connectivity index (χ4n) is 4.33. The van der Waals surface area contributed by atoms with Crippen molar-refractivity contribution in [2.75, 3.05) is 19.8 Å². The SMILES string of the molecule is OC[C@@]12CCCN1[C@@H]1c3ccccc3OC[C@@H]1C2. The summed E-state index contributed by atoms with van der Waals surface area (Å²) in [5.41, 5.74) is 1.36. The van der Waals surface area contributed by atoms with Crippen molar-refractivity contribution in [1.82, 2.24) is 4.90 Å². The van der Waals surface area contributed by atoms with Gasteiger partial charge in [-0.2, -0.15) is 0 Å². The molecule has 2 saturated heterocycles. The van der Waals surface area contributed by atoms with E-state index in [-0.39, 0.29) is 5.54 Å². The molecule has 3 heterocycles. The van der Waals surface area contributed by atoms with E-state index in [4.69, 9.17) is 4.74 Å². The number of hydrogen-bond acceptors (Lipinski definition) is 3. The normalized spacial score (nSPS) is 37.8. The van der Waals surface area contributed by atoms with E-state index in [0.29, 0.717) is 18.6 Å². The molecule has 2 fully saturated rings. The van der Waals surface area contributed by atoms with Crippen LogP contribution < -0.4 is 4.74 Å². The van der Waals surface area contributed by atoms with Crippen molar-refractivity contribution in [3.05, 3.63) is 29.8 Å². The topological polar surface area (TPSA) is 32.7 Å². The first-order chi connectivity index (χ1) is 8.84. The number of aliphatic hydroxyl groups is 1. The quantitative estimate of drug-likeness (QED) is 0.821. The number of nitrogens with zero attached hydrogens (tertiary/aromatic N) is 1. The van der Waals surface area contributed by atoms with E-state index in [1.807, 2.05) is 6.07 Å². The highest BCUT2D eigenvalue weighted by molar-refractivity contribution is 5.40. The Labute approximate surface area is 107 Å². The molecule has 3 atom stereocenters. The third-order valence-electron chi connectivity index (χ3n) is 5.06. The van der Waals surface area contributed by atoms with Crippen LogP contribution in [0.1, 0.15) is 30.9 Å². The summed E-state index contributed by atoms with van der Waals surface area (Å²) in [5, 5.41) is 9.84. The van der Waals surface area contributed by atoms with Gasteiger partial charge in [0.1, 0.15) is 5.75 Å². The maximum absolute atomic E-state index is 9.84. The van der Waals surface area contributed by atoms with Crippen LogP contribution >= 0.6 is 0 Å². The fraction of sp³-hybridized carbons (Fsp3) is 0.600. The predicted molar refractivity (Wildman–Crippen MR) is 68.5 cm³/mol. The van der Waals surface area contributed by atoms with Crippen LogP contribution in [0.4, 0.5) is 0 Å². The van der Waals surface area contributed by atoms with Crippen LogP contribution in [0.15, 0.2) is 24.3 Å². The molecule has 0 aromatic heterocycles. The Balaban J connectivity index is 1.80. The second-order valence-corrected chi connectivity index (χ2v) is 5.94. The van der Waals surface area contributed by atoms with Crippen molar-refractivity contribution in [2.24, 2.45) is 5.92 Å². The fourth-order valence-corrected chi connectivity index (χ4v) is 4.33. The first-order valence-electron chi connectivity index (χ1n) is 6.93. The largest absolute Gasteiger partial charge is 0.493 e. The minimum Gasteiger partial charge on any atom is -0.493 e. The molecule has 0 amide bonds. The van der Waals surface area contributed by atoms with Crippen LogP contribution in [-0.2, 0) is 0 Å². The van der Waals surface area contributed by atoms with Gasteiger partial charge >= 0.3 is 0 Å². The Morgan fingerprint density at radius 2 is 2.28 bits per heavy atom. The summed E-state index contributed by atoms with van der Waals surface area (Å²) in [5.74, 6) is 1.59. The summed E-state index contributed by atoms with van der Waals surface area (Å²) >= 11 is 0. The molecule has 18 heavy (non-hydrogen) atoms. The Hall–Kier alpha value is -1.06. The van der Waals surface area contributed by atoms with Crippen LogP contribution in [0, 0.1) is 5.92 Å². The molecule has 0 radical (unpaired) electrons. The van der Waals surface area contributed by atoms with Gasteiger partial charge < -0.3 is 9.84 Å². The lowest BCUT2D eigenvalue weighted by molar-refractivity contribution is 0.0720. The number of aliphatic hydroxyl groups excluding tert-OH is 1. The van der Waals surface area contributed by atoms with E-state index >= 15 is 0 Å². The summed E-state index contributed by atoms with van der Waals surface area (Å²) in [7, 11) is 0. The van der Waals surface area contributed by atoms with E-state index in [1.165, 1.54) is 12.0 Å². The molecule has 1 aromatic carbocycles. The van der Waals surface area contributed by atoms with Gasteiger partial charge in [-0.1, -0.05) is 18.2 Å². The third-order valence-corrected chi connectivity index (χ3v) is 5.06. The van der Waals surface area contributed by atoms with Gasteiger partial charge in [-0.05, 0) is 31.9 Å². The molecule has 96 valence electrons. The van der Waals surface area contributed by atoms with E-state index < -0.39 is 0 Å². The standard InChI is InChI=1S/C15H19NO2/c17-10-15-6-3-7-16(15)14-11(8-15)9-18-13-5-2-1-4-12(13)14/h1-2,4-5,11,14,17H,3,6-10H2/t11-,14-,15-/m0/s1. The van der Waals surface area contributed by atoms with Gasteiger partial charge in [0, 0.05) is 23.1 Å². The van der Waals surface area contributed by atoms with Gasteiger partial charge in [-0.15, -0.1) is 0 Å². The maximum Gasteiger partial charge on any atom is 0.124 e. The monoisotopic (exact) mass is 245 g/mol. The van der Waals surface area contributed by atoms with Crippen LogP contribution in [0.25, 0.3) is 0 Å². The van der Waals surface area contributed by atoms with Crippen molar-refractivity contribution in [2.45, 2.75) is 30.8 Å². The second-order valence-electron chi connectivity index (χ2n) is 5.94. The average Bonchev–Trinajstić information content (AvgIpc) is 2.94. The highest BCUT2D eigenvalue weighted by Gasteiger charge is 2.55. The van der Waals surface area contributed by atoms with Gasteiger partial charge in [-0.25, -0.2) is 0 Å². The summed E-state index contributed by atoms with van der Waals surface area (Å²) < 4.78 is 5.88. The van der Waals surface area contributed by atoms with Crippen LogP contribution in [0.5, 0.6) is 5.75 Å². The van der Waals surface area contributed by atoms with E-state index in [1.54, 1.807) is 0 Å².